The summed E-state index contributed by atoms with van der Waals surface area (Å²) < 4.78 is 0.798. The van der Waals surface area contributed by atoms with E-state index in [-0.39, 0.29) is 11.8 Å². The molecule has 0 aromatic carbocycles. The van der Waals surface area contributed by atoms with E-state index in [1.54, 1.807) is 18.3 Å². The lowest BCUT2D eigenvalue weighted by atomic mass is 10.4. The number of anilines is 1. The molecule has 1 aliphatic rings. The molecule has 2 rings (SSSR count). The first-order chi connectivity index (χ1) is 7.18. The number of pyridine rings is 1. The highest BCUT2D eigenvalue weighted by atomic mass is 79.9. The van der Waals surface area contributed by atoms with Gasteiger partial charge in [-0.15, -0.1) is 11.8 Å². The van der Waals surface area contributed by atoms with Crippen LogP contribution in [0.15, 0.2) is 22.8 Å². The SMILES string of the molecule is O=C1CSCC(=O)N1c1cc(Br)ccn1. The zero-order valence-electron chi connectivity index (χ0n) is 7.64. The monoisotopic (exact) mass is 286 g/mol. The Bertz CT molecular complexity index is 408. The van der Waals surface area contributed by atoms with Gasteiger partial charge in [-0.05, 0) is 12.1 Å². The molecule has 0 saturated carbocycles. The smallest absolute Gasteiger partial charge is 0.245 e. The van der Waals surface area contributed by atoms with Crippen molar-refractivity contribution < 1.29 is 9.59 Å². The van der Waals surface area contributed by atoms with E-state index < -0.39 is 0 Å². The van der Waals surface area contributed by atoms with E-state index >= 15 is 0 Å². The molecule has 15 heavy (non-hydrogen) atoms. The number of rotatable bonds is 1. The topological polar surface area (TPSA) is 50.3 Å². The van der Waals surface area contributed by atoms with Gasteiger partial charge in [-0.2, -0.15) is 0 Å². The second kappa shape index (κ2) is 4.32. The molecule has 0 spiro atoms. The number of aromatic nitrogens is 1. The lowest BCUT2D eigenvalue weighted by molar-refractivity contribution is -0.124. The number of amides is 2. The average Bonchev–Trinajstić information content (AvgIpc) is 2.17. The van der Waals surface area contributed by atoms with E-state index in [1.807, 2.05) is 0 Å². The van der Waals surface area contributed by atoms with Gasteiger partial charge in [-0.1, -0.05) is 15.9 Å². The molecule has 2 amide bonds. The normalized spacial score (nSPS) is 17.0. The maximum absolute atomic E-state index is 11.5. The molecule has 1 aromatic heterocycles. The van der Waals surface area contributed by atoms with E-state index in [2.05, 4.69) is 20.9 Å². The molecule has 1 saturated heterocycles. The molecule has 1 aliphatic heterocycles. The van der Waals surface area contributed by atoms with Crippen molar-refractivity contribution in [1.82, 2.24) is 4.98 Å². The van der Waals surface area contributed by atoms with Gasteiger partial charge in [0.25, 0.3) is 0 Å². The van der Waals surface area contributed by atoms with E-state index in [9.17, 15) is 9.59 Å². The van der Waals surface area contributed by atoms with Gasteiger partial charge in [-0.3, -0.25) is 9.59 Å². The number of carbonyl (C=O) groups excluding carboxylic acids is 2. The minimum Gasteiger partial charge on any atom is -0.273 e. The second-order valence-electron chi connectivity index (χ2n) is 2.95. The van der Waals surface area contributed by atoms with Crippen molar-refractivity contribution in [3.05, 3.63) is 22.8 Å². The molecule has 0 radical (unpaired) electrons. The standard InChI is InChI=1S/C9H7BrN2O2S/c10-6-1-2-11-7(3-6)12-8(13)4-15-5-9(12)14/h1-3H,4-5H2. The van der Waals surface area contributed by atoms with Crippen LogP contribution in [0.4, 0.5) is 5.82 Å². The van der Waals surface area contributed by atoms with Crippen LogP contribution in [0.3, 0.4) is 0 Å². The summed E-state index contributed by atoms with van der Waals surface area (Å²) in [5.41, 5.74) is 0. The molecule has 4 nitrogen and oxygen atoms in total. The van der Waals surface area contributed by atoms with Crippen molar-refractivity contribution in [3.63, 3.8) is 0 Å². The van der Waals surface area contributed by atoms with Crippen molar-refractivity contribution in [2.75, 3.05) is 16.4 Å². The zero-order valence-corrected chi connectivity index (χ0v) is 10.0. The maximum atomic E-state index is 11.5. The third-order valence-corrected chi connectivity index (χ3v) is 3.28. The number of imide groups is 1. The first-order valence-corrected chi connectivity index (χ1v) is 6.18. The third kappa shape index (κ3) is 2.21. The Morgan fingerprint density at radius 2 is 2.00 bits per heavy atom. The number of carbonyl (C=O) groups is 2. The van der Waals surface area contributed by atoms with Gasteiger partial charge in [0, 0.05) is 10.7 Å². The van der Waals surface area contributed by atoms with Gasteiger partial charge in [0.15, 0.2) is 0 Å². The molecule has 2 heterocycles. The number of hydrogen-bond donors (Lipinski definition) is 0. The summed E-state index contributed by atoms with van der Waals surface area (Å²) in [5.74, 6) is 0.642. The number of nitrogens with zero attached hydrogens (tertiary/aromatic N) is 2. The Morgan fingerprint density at radius 1 is 1.33 bits per heavy atom. The highest BCUT2D eigenvalue weighted by Gasteiger charge is 2.28. The van der Waals surface area contributed by atoms with Crippen LogP contribution in [0.2, 0.25) is 0 Å². The van der Waals surface area contributed by atoms with Crippen LogP contribution in [0, 0.1) is 0 Å². The molecule has 0 atom stereocenters. The lowest BCUT2D eigenvalue weighted by Crippen LogP contribution is -2.43. The lowest BCUT2D eigenvalue weighted by Gasteiger charge is -2.23. The van der Waals surface area contributed by atoms with Crippen LogP contribution >= 0.6 is 27.7 Å². The Morgan fingerprint density at radius 3 is 2.60 bits per heavy atom. The first kappa shape index (κ1) is 10.6. The molecule has 1 aromatic rings. The van der Waals surface area contributed by atoms with Crippen molar-refractivity contribution in [2.45, 2.75) is 0 Å². The predicted molar refractivity (Wildman–Crippen MR) is 61.8 cm³/mol. The van der Waals surface area contributed by atoms with Crippen molar-refractivity contribution in [1.29, 1.82) is 0 Å². The number of halogens is 1. The second-order valence-corrected chi connectivity index (χ2v) is 4.85. The van der Waals surface area contributed by atoms with Crippen LogP contribution in [0.5, 0.6) is 0 Å². The van der Waals surface area contributed by atoms with E-state index in [0.29, 0.717) is 17.3 Å². The molecule has 1 fully saturated rings. The van der Waals surface area contributed by atoms with Gasteiger partial charge >= 0.3 is 0 Å². The fourth-order valence-corrected chi connectivity index (χ4v) is 2.30. The van der Waals surface area contributed by atoms with E-state index in [1.165, 1.54) is 11.8 Å². The highest BCUT2D eigenvalue weighted by Crippen LogP contribution is 2.21. The molecule has 0 unspecified atom stereocenters. The van der Waals surface area contributed by atoms with Crippen molar-refractivity contribution in [3.8, 4) is 0 Å². The minimum absolute atomic E-state index is 0.207. The predicted octanol–water partition coefficient (Wildman–Crippen LogP) is 1.45. The van der Waals surface area contributed by atoms with Crippen LogP contribution in [-0.4, -0.2) is 28.3 Å². The summed E-state index contributed by atoms with van der Waals surface area (Å²) in [6.45, 7) is 0. The van der Waals surface area contributed by atoms with Crippen LogP contribution in [0.1, 0.15) is 0 Å². The van der Waals surface area contributed by atoms with Crippen molar-refractivity contribution in [2.24, 2.45) is 0 Å². The van der Waals surface area contributed by atoms with Gasteiger partial charge in [-0.25, -0.2) is 9.88 Å². The Kier molecular flexibility index (Phi) is 3.06. The summed E-state index contributed by atoms with van der Waals surface area (Å²) in [5, 5.41) is 0. The summed E-state index contributed by atoms with van der Waals surface area (Å²) in [4.78, 5) is 28.2. The molecule has 0 aliphatic carbocycles. The molecular weight excluding hydrogens is 280 g/mol. The highest BCUT2D eigenvalue weighted by molar-refractivity contribution is 9.10. The van der Waals surface area contributed by atoms with Gasteiger partial charge in [0.2, 0.25) is 11.8 Å². The molecular formula is C9H7BrN2O2S. The minimum atomic E-state index is -0.207. The van der Waals surface area contributed by atoms with Crippen LogP contribution in [0.25, 0.3) is 0 Å². The fourth-order valence-electron chi connectivity index (χ4n) is 1.27. The van der Waals surface area contributed by atoms with Crippen LogP contribution < -0.4 is 4.90 Å². The van der Waals surface area contributed by atoms with E-state index in [0.717, 1.165) is 9.37 Å². The molecule has 78 valence electrons. The number of thioether (sulfide) groups is 1. The first-order valence-electron chi connectivity index (χ1n) is 4.23. The summed E-state index contributed by atoms with van der Waals surface area (Å²) in [7, 11) is 0. The van der Waals surface area contributed by atoms with Crippen molar-refractivity contribution >= 4 is 45.3 Å². The van der Waals surface area contributed by atoms with Gasteiger partial charge in [0.05, 0.1) is 11.5 Å². The van der Waals surface area contributed by atoms with Gasteiger partial charge in [0.1, 0.15) is 5.82 Å². The Hall–Kier alpha value is -0.880. The molecule has 0 bridgehead atoms. The Labute approximate surface area is 99.2 Å². The quantitative estimate of drug-likeness (QED) is 0.734. The summed E-state index contributed by atoms with van der Waals surface area (Å²) >= 11 is 4.61. The summed E-state index contributed by atoms with van der Waals surface area (Å²) in [6, 6.07) is 3.41. The fraction of sp³-hybridized carbons (Fsp3) is 0.222. The van der Waals surface area contributed by atoms with Crippen LogP contribution in [-0.2, 0) is 9.59 Å². The number of hydrogen-bond acceptors (Lipinski definition) is 4. The molecule has 6 heteroatoms. The largest absolute Gasteiger partial charge is 0.273 e. The summed E-state index contributed by atoms with van der Waals surface area (Å²) in [6.07, 6.45) is 1.56. The molecule has 0 N–H and O–H groups in total. The van der Waals surface area contributed by atoms with Gasteiger partial charge < -0.3 is 0 Å². The Balaban J connectivity index is 2.35. The average molecular weight is 287 g/mol. The third-order valence-electron chi connectivity index (χ3n) is 1.89. The zero-order chi connectivity index (χ0) is 10.8. The van der Waals surface area contributed by atoms with E-state index in [4.69, 9.17) is 0 Å². The maximum Gasteiger partial charge on any atom is 0.245 e.